The van der Waals surface area contributed by atoms with Crippen molar-refractivity contribution in [2.75, 3.05) is 0 Å². The summed E-state index contributed by atoms with van der Waals surface area (Å²) in [5.74, 6) is 1.60. The number of ether oxygens (including phenoxy) is 1. The normalized spacial score (nSPS) is 9.71. The van der Waals surface area contributed by atoms with Gasteiger partial charge in [-0.1, -0.05) is 12.1 Å². The average molecular weight is 223 g/mol. The maximum Gasteiger partial charge on any atom is 0.130 e. The Bertz CT molecular complexity index is 564. The van der Waals surface area contributed by atoms with Crippen LogP contribution in [0.1, 0.15) is 16.7 Å². The molecule has 0 saturated carbocycles. The fraction of sp³-hybridized carbons (Fsp3) is 0.133. The van der Waals surface area contributed by atoms with Crippen molar-refractivity contribution in [2.24, 2.45) is 0 Å². The molecule has 2 rings (SSSR count). The van der Waals surface area contributed by atoms with E-state index in [1.807, 2.05) is 19.1 Å². The largest absolute Gasteiger partial charge is 0.457 e. The second-order valence-corrected chi connectivity index (χ2v) is 3.94. The van der Waals surface area contributed by atoms with E-state index >= 15 is 0 Å². The lowest BCUT2D eigenvalue weighted by Gasteiger charge is -2.10. The van der Waals surface area contributed by atoms with E-state index in [1.165, 1.54) is 5.56 Å². The lowest BCUT2D eigenvalue weighted by molar-refractivity contribution is 0.478. The molecule has 0 unspecified atom stereocenters. The van der Waals surface area contributed by atoms with E-state index in [-0.39, 0.29) is 0 Å². The van der Waals surface area contributed by atoms with Gasteiger partial charge in [0, 0.05) is 0 Å². The zero-order valence-electron chi connectivity index (χ0n) is 9.90. The molecular formula is C15H13NO. The first-order valence-electron chi connectivity index (χ1n) is 5.45. The van der Waals surface area contributed by atoms with Gasteiger partial charge in [0.15, 0.2) is 0 Å². The fourth-order valence-corrected chi connectivity index (χ4v) is 1.56. The third-order valence-electron chi connectivity index (χ3n) is 2.77. The smallest absolute Gasteiger partial charge is 0.130 e. The van der Waals surface area contributed by atoms with Gasteiger partial charge in [-0.3, -0.25) is 0 Å². The second-order valence-electron chi connectivity index (χ2n) is 3.94. The van der Waals surface area contributed by atoms with Gasteiger partial charge in [-0.05, 0) is 55.3 Å². The van der Waals surface area contributed by atoms with Crippen molar-refractivity contribution in [1.29, 1.82) is 5.26 Å². The number of rotatable bonds is 2. The number of nitriles is 1. The zero-order chi connectivity index (χ0) is 12.3. The summed E-state index contributed by atoms with van der Waals surface area (Å²) in [6.07, 6.45) is 0. The zero-order valence-corrected chi connectivity index (χ0v) is 9.90. The number of hydrogen-bond acceptors (Lipinski definition) is 2. The number of aryl methyl sites for hydroxylation is 1. The van der Waals surface area contributed by atoms with E-state index in [1.54, 1.807) is 24.3 Å². The highest BCUT2D eigenvalue weighted by Crippen LogP contribution is 2.26. The molecule has 17 heavy (non-hydrogen) atoms. The summed E-state index contributed by atoms with van der Waals surface area (Å²) < 4.78 is 5.78. The molecule has 0 fully saturated rings. The molecule has 2 aromatic rings. The highest BCUT2D eigenvalue weighted by Gasteiger charge is 2.03. The Kier molecular flexibility index (Phi) is 3.11. The number of hydrogen-bond donors (Lipinski definition) is 0. The summed E-state index contributed by atoms with van der Waals surface area (Å²) in [5.41, 5.74) is 2.98. The van der Waals surface area contributed by atoms with Gasteiger partial charge in [-0.25, -0.2) is 0 Å². The SMILES string of the molecule is Cc1cccc(Oc2ccc(C#N)cc2)c1C. The van der Waals surface area contributed by atoms with Gasteiger partial charge in [-0.15, -0.1) is 0 Å². The molecule has 0 aromatic heterocycles. The summed E-state index contributed by atoms with van der Waals surface area (Å²) in [4.78, 5) is 0. The average Bonchev–Trinajstić information content (AvgIpc) is 2.36. The quantitative estimate of drug-likeness (QED) is 0.771. The van der Waals surface area contributed by atoms with Crippen LogP contribution in [0.4, 0.5) is 0 Å². The van der Waals surface area contributed by atoms with E-state index in [4.69, 9.17) is 10.00 Å². The summed E-state index contributed by atoms with van der Waals surface area (Å²) in [7, 11) is 0. The van der Waals surface area contributed by atoms with E-state index in [0.717, 1.165) is 17.1 Å². The van der Waals surface area contributed by atoms with Gasteiger partial charge in [0.2, 0.25) is 0 Å². The van der Waals surface area contributed by atoms with Gasteiger partial charge < -0.3 is 4.74 Å². The van der Waals surface area contributed by atoms with Crippen LogP contribution < -0.4 is 4.74 Å². The van der Waals surface area contributed by atoms with Crippen molar-refractivity contribution in [3.8, 4) is 17.6 Å². The molecule has 2 aromatic carbocycles. The molecule has 0 aliphatic carbocycles. The molecule has 0 N–H and O–H groups in total. The van der Waals surface area contributed by atoms with Gasteiger partial charge in [0.1, 0.15) is 11.5 Å². The summed E-state index contributed by atoms with van der Waals surface area (Å²) >= 11 is 0. The van der Waals surface area contributed by atoms with Crippen LogP contribution in [0, 0.1) is 25.2 Å². The molecule has 0 aliphatic rings. The Hall–Kier alpha value is -2.27. The number of benzene rings is 2. The van der Waals surface area contributed by atoms with Crippen molar-refractivity contribution in [1.82, 2.24) is 0 Å². The minimum absolute atomic E-state index is 0.637. The monoisotopic (exact) mass is 223 g/mol. The van der Waals surface area contributed by atoms with E-state index in [9.17, 15) is 0 Å². The molecule has 0 bridgehead atoms. The topological polar surface area (TPSA) is 33.0 Å². The van der Waals surface area contributed by atoms with Gasteiger partial charge in [0.25, 0.3) is 0 Å². The van der Waals surface area contributed by atoms with Gasteiger partial charge in [0.05, 0.1) is 11.6 Å². The Morgan fingerprint density at radius 1 is 1.00 bits per heavy atom. The lowest BCUT2D eigenvalue weighted by Crippen LogP contribution is -1.89. The van der Waals surface area contributed by atoms with Crippen LogP contribution in [0.25, 0.3) is 0 Å². The van der Waals surface area contributed by atoms with Crippen LogP contribution in [0.2, 0.25) is 0 Å². The van der Waals surface area contributed by atoms with Crippen molar-refractivity contribution in [2.45, 2.75) is 13.8 Å². The Balaban J connectivity index is 2.26. The number of nitrogens with zero attached hydrogens (tertiary/aromatic N) is 1. The minimum Gasteiger partial charge on any atom is -0.457 e. The molecule has 84 valence electrons. The first kappa shape index (κ1) is 11.2. The van der Waals surface area contributed by atoms with E-state index < -0.39 is 0 Å². The second kappa shape index (κ2) is 4.71. The predicted molar refractivity (Wildman–Crippen MR) is 67.1 cm³/mol. The first-order chi connectivity index (χ1) is 8.20. The molecule has 0 heterocycles. The van der Waals surface area contributed by atoms with Crippen LogP contribution >= 0.6 is 0 Å². The molecule has 2 nitrogen and oxygen atoms in total. The molecule has 0 aliphatic heterocycles. The predicted octanol–water partition coefficient (Wildman–Crippen LogP) is 3.97. The van der Waals surface area contributed by atoms with Gasteiger partial charge in [-0.2, -0.15) is 5.26 Å². The first-order valence-corrected chi connectivity index (χ1v) is 5.45. The Morgan fingerprint density at radius 2 is 1.71 bits per heavy atom. The van der Waals surface area contributed by atoms with Crippen molar-refractivity contribution < 1.29 is 4.74 Å². The van der Waals surface area contributed by atoms with Crippen LogP contribution in [0.5, 0.6) is 11.5 Å². The summed E-state index contributed by atoms with van der Waals surface area (Å²) in [5, 5.41) is 8.71. The van der Waals surface area contributed by atoms with Gasteiger partial charge >= 0.3 is 0 Å². The Morgan fingerprint density at radius 3 is 2.35 bits per heavy atom. The van der Waals surface area contributed by atoms with Crippen LogP contribution in [-0.2, 0) is 0 Å². The summed E-state index contributed by atoms with van der Waals surface area (Å²) in [6, 6.07) is 15.2. The molecular weight excluding hydrogens is 210 g/mol. The van der Waals surface area contributed by atoms with Crippen LogP contribution in [0.15, 0.2) is 42.5 Å². The van der Waals surface area contributed by atoms with Crippen molar-refractivity contribution >= 4 is 0 Å². The molecule has 2 heteroatoms. The molecule has 0 amide bonds. The van der Waals surface area contributed by atoms with Crippen LogP contribution in [-0.4, -0.2) is 0 Å². The lowest BCUT2D eigenvalue weighted by atomic mass is 10.1. The highest BCUT2D eigenvalue weighted by molar-refractivity contribution is 5.42. The molecule has 0 atom stereocenters. The molecule has 0 spiro atoms. The maximum atomic E-state index is 8.71. The highest BCUT2D eigenvalue weighted by atomic mass is 16.5. The van der Waals surface area contributed by atoms with E-state index in [0.29, 0.717) is 5.56 Å². The Labute approximate surface area is 101 Å². The minimum atomic E-state index is 0.637. The van der Waals surface area contributed by atoms with Crippen LogP contribution in [0.3, 0.4) is 0 Å². The molecule has 0 saturated heterocycles. The third kappa shape index (κ3) is 2.46. The van der Waals surface area contributed by atoms with E-state index in [2.05, 4.69) is 19.1 Å². The third-order valence-corrected chi connectivity index (χ3v) is 2.77. The standard InChI is InChI=1S/C15H13NO/c1-11-4-3-5-15(12(11)2)17-14-8-6-13(10-16)7-9-14/h3-9H,1-2H3. The maximum absolute atomic E-state index is 8.71. The summed E-state index contributed by atoms with van der Waals surface area (Å²) in [6.45, 7) is 4.09. The fourth-order valence-electron chi connectivity index (χ4n) is 1.56. The van der Waals surface area contributed by atoms with Crippen molar-refractivity contribution in [3.63, 3.8) is 0 Å². The van der Waals surface area contributed by atoms with Crippen molar-refractivity contribution in [3.05, 3.63) is 59.2 Å². The molecule has 0 radical (unpaired) electrons.